The van der Waals surface area contributed by atoms with E-state index in [2.05, 4.69) is 53.7 Å². The van der Waals surface area contributed by atoms with Gasteiger partial charge in [-0.05, 0) is 32.8 Å². The highest BCUT2D eigenvalue weighted by atomic mass is 15.3. The van der Waals surface area contributed by atoms with Gasteiger partial charge in [-0.3, -0.25) is 9.36 Å². The highest BCUT2D eigenvalue weighted by molar-refractivity contribution is 5.24. The molecule has 0 amide bonds. The summed E-state index contributed by atoms with van der Waals surface area (Å²) in [7, 11) is 0. The van der Waals surface area contributed by atoms with Crippen molar-refractivity contribution in [2.24, 2.45) is 0 Å². The number of aromatic nitrogens is 4. The summed E-state index contributed by atoms with van der Waals surface area (Å²) < 4.78 is 4.03. The van der Waals surface area contributed by atoms with E-state index in [1.807, 2.05) is 17.7 Å². The molecule has 0 aromatic carbocycles. The number of nitrogens with one attached hydrogen (secondary N) is 1. The molecule has 2 rings (SSSR count). The molecule has 5 nitrogen and oxygen atoms in total. The summed E-state index contributed by atoms with van der Waals surface area (Å²) in [4.78, 5) is 0. The van der Waals surface area contributed by atoms with Gasteiger partial charge < -0.3 is 5.32 Å². The normalized spacial score (nSPS) is 11.1. The maximum atomic E-state index is 4.62. The lowest BCUT2D eigenvalue weighted by molar-refractivity contribution is 0.541. The molecule has 0 bridgehead atoms. The molecule has 0 fully saturated rings. The molecule has 0 spiro atoms. The molecule has 0 aliphatic rings. The van der Waals surface area contributed by atoms with Crippen molar-refractivity contribution in [1.82, 2.24) is 24.9 Å². The van der Waals surface area contributed by atoms with Crippen LogP contribution in [-0.4, -0.2) is 26.1 Å². The Labute approximate surface area is 133 Å². The predicted molar refractivity (Wildman–Crippen MR) is 89.9 cm³/mol. The predicted octanol–water partition coefficient (Wildman–Crippen LogP) is 2.54. The summed E-state index contributed by atoms with van der Waals surface area (Å²) in [5.41, 5.74) is 6.14. The molecule has 5 heteroatoms. The van der Waals surface area contributed by atoms with Gasteiger partial charge in [0.1, 0.15) is 0 Å². The first-order chi connectivity index (χ1) is 10.6. The van der Waals surface area contributed by atoms with Crippen LogP contribution in [0.15, 0.2) is 18.9 Å². The largest absolute Gasteiger partial charge is 0.311 e. The fourth-order valence-corrected chi connectivity index (χ4v) is 2.83. The Bertz CT molecular complexity index is 636. The van der Waals surface area contributed by atoms with Crippen LogP contribution >= 0.6 is 0 Å². The summed E-state index contributed by atoms with van der Waals surface area (Å²) in [5, 5.41) is 12.6. The minimum atomic E-state index is 0.756. The van der Waals surface area contributed by atoms with Crippen LogP contribution in [0.5, 0.6) is 0 Å². The molecular weight excluding hydrogens is 274 g/mol. The molecule has 0 radical (unpaired) electrons. The van der Waals surface area contributed by atoms with E-state index in [1.165, 1.54) is 16.8 Å². The number of rotatable bonds is 8. The zero-order valence-corrected chi connectivity index (χ0v) is 14.2. The molecule has 2 heterocycles. The number of allylic oxidation sites excluding steroid dienone is 1. The third-order valence-corrected chi connectivity index (χ3v) is 4.06. The Hall–Kier alpha value is -1.88. The van der Waals surface area contributed by atoms with E-state index in [1.54, 1.807) is 0 Å². The standard InChI is InChI=1S/C17H27N5/c1-6-9-21-12-16(13(3)19-21)11-18-8-10-22-15(5)17(7-2)14(4)20-22/h6,12,18H,1,7-11H2,2-5H3. The van der Waals surface area contributed by atoms with Crippen molar-refractivity contribution in [3.8, 4) is 0 Å². The molecule has 2 aromatic heterocycles. The lowest BCUT2D eigenvalue weighted by Crippen LogP contribution is -2.21. The van der Waals surface area contributed by atoms with Crippen molar-refractivity contribution < 1.29 is 0 Å². The number of hydrogen-bond donors (Lipinski definition) is 1. The molecule has 1 N–H and O–H groups in total. The van der Waals surface area contributed by atoms with E-state index in [9.17, 15) is 0 Å². The van der Waals surface area contributed by atoms with Gasteiger partial charge in [0, 0.05) is 30.5 Å². The van der Waals surface area contributed by atoms with Crippen LogP contribution in [0.2, 0.25) is 0 Å². The first kappa shape index (κ1) is 16.5. The zero-order valence-electron chi connectivity index (χ0n) is 14.2. The average Bonchev–Trinajstić information content (AvgIpc) is 2.96. The van der Waals surface area contributed by atoms with Crippen molar-refractivity contribution in [2.45, 2.75) is 53.8 Å². The van der Waals surface area contributed by atoms with Gasteiger partial charge >= 0.3 is 0 Å². The topological polar surface area (TPSA) is 47.7 Å². The van der Waals surface area contributed by atoms with Crippen molar-refractivity contribution in [1.29, 1.82) is 0 Å². The van der Waals surface area contributed by atoms with E-state index in [0.717, 1.165) is 44.0 Å². The molecule has 0 aliphatic heterocycles. The molecule has 0 unspecified atom stereocenters. The smallest absolute Gasteiger partial charge is 0.0638 e. The zero-order chi connectivity index (χ0) is 16.1. The number of hydrogen-bond acceptors (Lipinski definition) is 3. The molecular formula is C17H27N5. The molecule has 120 valence electrons. The van der Waals surface area contributed by atoms with Gasteiger partial charge in [0.2, 0.25) is 0 Å². The minimum Gasteiger partial charge on any atom is -0.311 e. The summed E-state index contributed by atoms with van der Waals surface area (Å²) >= 11 is 0. The highest BCUT2D eigenvalue weighted by Crippen LogP contribution is 2.13. The third kappa shape index (κ3) is 3.65. The summed E-state index contributed by atoms with van der Waals surface area (Å²) in [5.74, 6) is 0. The molecule has 0 aliphatic carbocycles. The average molecular weight is 301 g/mol. The van der Waals surface area contributed by atoms with Gasteiger partial charge in [-0.1, -0.05) is 13.0 Å². The fourth-order valence-electron chi connectivity index (χ4n) is 2.83. The van der Waals surface area contributed by atoms with Crippen LogP contribution in [0.4, 0.5) is 0 Å². The van der Waals surface area contributed by atoms with Crippen molar-refractivity contribution >= 4 is 0 Å². The second-order valence-corrected chi connectivity index (χ2v) is 5.65. The third-order valence-electron chi connectivity index (χ3n) is 4.06. The Balaban J connectivity index is 1.86. The lowest BCUT2D eigenvalue weighted by atomic mass is 10.1. The molecule has 22 heavy (non-hydrogen) atoms. The van der Waals surface area contributed by atoms with Crippen LogP contribution in [-0.2, 0) is 26.1 Å². The van der Waals surface area contributed by atoms with Crippen LogP contribution in [0.25, 0.3) is 0 Å². The SMILES string of the molecule is C=CCn1cc(CNCCn2nc(C)c(CC)c2C)c(C)n1. The highest BCUT2D eigenvalue weighted by Gasteiger charge is 2.09. The van der Waals surface area contributed by atoms with Crippen LogP contribution in [0.3, 0.4) is 0 Å². The molecule has 0 saturated heterocycles. The maximum Gasteiger partial charge on any atom is 0.0638 e. The fraction of sp³-hybridized carbons (Fsp3) is 0.529. The van der Waals surface area contributed by atoms with Crippen LogP contribution in [0, 0.1) is 20.8 Å². The van der Waals surface area contributed by atoms with Crippen LogP contribution in [0.1, 0.15) is 35.1 Å². The monoisotopic (exact) mass is 301 g/mol. The van der Waals surface area contributed by atoms with E-state index in [-0.39, 0.29) is 0 Å². The Morgan fingerprint density at radius 3 is 2.64 bits per heavy atom. The second kappa shape index (κ2) is 7.40. The van der Waals surface area contributed by atoms with Crippen molar-refractivity contribution in [3.05, 3.63) is 47.1 Å². The van der Waals surface area contributed by atoms with Crippen molar-refractivity contribution in [3.63, 3.8) is 0 Å². The van der Waals surface area contributed by atoms with E-state index < -0.39 is 0 Å². The van der Waals surface area contributed by atoms with Gasteiger partial charge in [-0.15, -0.1) is 6.58 Å². The minimum absolute atomic E-state index is 0.756. The molecule has 0 atom stereocenters. The Morgan fingerprint density at radius 1 is 1.23 bits per heavy atom. The van der Waals surface area contributed by atoms with Crippen LogP contribution < -0.4 is 5.32 Å². The van der Waals surface area contributed by atoms with Gasteiger partial charge in [0.25, 0.3) is 0 Å². The van der Waals surface area contributed by atoms with Gasteiger partial charge in [-0.25, -0.2) is 0 Å². The van der Waals surface area contributed by atoms with E-state index in [0.29, 0.717) is 0 Å². The van der Waals surface area contributed by atoms with Gasteiger partial charge in [-0.2, -0.15) is 10.2 Å². The van der Waals surface area contributed by atoms with E-state index in [4.69, 9.17) is 0 Å². The van der Waals surface area contributed by atoms with E-state index >= 15 is 0 Å². The number of aryl methyl sites for hydroxylation is 2. The molecule has 0 saturated carbocycles. The quantitative estimate of drug-likeness (QED) is 0.602. The van der Waals surface area contributed by atoms with Gasteiger partial charge in [0.05, 0.1) is 24.5 Å². The summed E-state index contributed by atoms with van der Waals surface area (Å²) in [6.07, 6.45) is 4.99. The first-order valence-electron chi connectivity index (χ1n) is 7.94. The van der Waals surface area contributed by atoms with Crippen molar-refractivity contribution in [2.75, 3.05) is 6.54 Å². The Kier molecular flexibility index (Phi) is 5.55. The summed E-state index contributed by atoms with van der Waals surface area (Å²) in [6.45, 7) is 15.6. The van der Waals surface area contributed by atoms with Gasteiger partial charge in [0.15, 0.2) is 0 Å². The molecule has 2 aromatic rings. The second-order valence-electron chi connectivity index (χ2n) is 5.65. The summed E-state index contributed by atoms with van der Waals surface area (Å²) in [6, 6.07) is 0. The Morgan fingerprint density at radius 2 is 2.00 bits per heavy atom. The maximum absolute atomic E-state index is 4.62. The first-order valence-corrected chi connectivity index (χ1v) is 7.94. The lowest BCUT2D eigenvalue weighted by Gasteiger charge is -2.06. The number of nitrogens with zero attached hydrogens (tertiary/aromatic N) is 4.